The molecule has 7 heteroatoms. The minimum atomic E-state index is -0.271. The van der Waals surface area contributed by atoms with Crippen LogP contribution in [0.1, 0.15) is 31.7 Å². The van der Waals surface area contributed by atoms with Gasteiger partial charge in [-0.2, -0.15) is 0 Å². The van der Waals surface area contributed by atoms with Crippen LogP contribution in [-0.2, 0) is 0 Å². The predicted octanol–water partition coefficient (Wildman–Crippen LogP) is 2.81. The molecule has 7 nitrogen and oxygen atoms in total. The maximum Gasteiger partial charge on any atom is 0.329 e. The lowest BCUT2D eigenvalue weighted by atomic mass is 9.93. The van der Waals surface area contributed by atoms with Crippen molar-refractivity contribution in [3.63, 3.8) is 0 Å². The smallest absolute Gasteiger partial charge is 0.329 e. The minimum Gasteiger partial charge on any atom is -0.393 e. The largest absolute Gasteiger partial charge is 0.393 e. The van der Waals surface area contributed by atoms with Gasteiger partial charge in [-0.3, -0.25) is 14.5 Å². The highest BCUT2D eigenvalue weighted by Gasteiger charge is 2.25. The monoisotopic (exact) mass is 361 g/mol. The SMILES string of the molecule is O=c1[nH]c2ncc(-c3cccc4ncccc34)nc2n1C1CCC(O)CC1. The van der Waals surface area contributed by atoms with Crippen LogP contribution in [0.2, 0.25) is 0 Å². The van der Waals surface area contributed by atoms with Gasteiger partial charge >= 0.3 is 5.69 Å². The first-order chi connectivity index (χ1) is 13.2. The van der Waals surface area contributed by atoms with E-state index in [1.54, 1.807) is 17.0 Å². The van der Waals surface area contributed by atoms with E-state index in [9.17, 15) is 9.90 Å². The number of pyridine rings is 1. The van der Waals surface area contributed by atoms with Gasteiger partial charge in [0, 0.05) is 23.2 Å². The third kappa shape index (κ3) is 2.71. The topological polar surface area (TPSA) is 96.7 Å². The van der Waals surface area contributed by atoms with Gasteiger partial charge in [-0.15, -0.1) is 0 Å². The lowest BCUT2D eigenvalue weighted by Gasteiger charge is -2.25. The van der Waals surface area contributed by atoms with Crippen molar-refractivity contribution in [1.82, 2.24) is 24.5 Å². The Kier molecular flexibility index (Phi) is 3.75. The van der Waals surface area contributed by atoms with Gasteiger partial charge in [0.05, 0.1) is 23.5 Å². The fourth-order valence-corrected chi connectivity index (χ4v) is 4.00. The molecule has 3 aromatic heterocycles. The highest BCUT2D eigenvalue weighted by atomic mass is 16.3. The van der Waals surface area contributed by atoms with Crippen LogP contribution in [-0.4, -0.2) is 35.7 Å². The number of aromatic nitrogens is 5. The van der Waals surface area contributed by atoms with Crippen LogP contribution in [0, 0.1) is 0 Å². The van der Waals surface area contributed by atoms with Crippen molar-refractivity contribution in [1.29, 1.82) is 0 Å². The van der Waals surface area contributed by atoms with E-state index in [4.69, 9.17) is 4.98 Å². The normalized spacial score (nSPS) is 20.3. The number of aromatic amines is 1. The van der Waals surface area contributed by atoms with E-state index in [1.165, 1.54) is 0 Å². The standard InChI is InChI=1S/C20H19N5O2/c26-13-8-6-12(7-9-13)25-19-18(24-20(25)27)22-11-17(23-19)15-3-1-5-16-14(15)4-2-10-21-16/h1-5,10-13,26H,6-9H2,(H,22,24,27). The number of nitrogens with zero attached hydrogens (tertiary/aromatic N) is 4. The Morgan fingerprint density at radius 3 is 2.78 bits per heavy atom. The van der Waals surface area contributed by atoms with Gasteiger partial charge in [-0.05, 0) is 37.8 Å². The quantitative estimate of drug-likeness (QED) is 0.572. The van der Waals surface area contributed by atoms with E-state index in [1.807, 2.05) is 30.3 Å². The van der Waals surface area contributed by atoms with E-state index in [0.29, 0.717) is 29.8 Å². The Labute approximate surface area is 154 Å². The summed E-state index contributed by atoms with van der Waals surface area (Å²) < 4.78 is 1.71. The zero-order valence-corrected chi connectivity index (χ0v) is 14.7. The van der Waals surface area contributed by atoms with Gasteiger partial charge in [-0.25, -0.2) is 14.8 Å². The van der Waals surface area contributed by atoms with Gasteiger partial charge in [0.25, 0.3) is 0 Å². The Morgan fingerprint density at radius 2 is 1.93 bits per heavy atom. The molecule has 0 bridgehead atoms. The van der Waals surface area contributed by atoms with Crippen molar-refractivity contribution in [2.75, 3.05) is 0 Å². The third-order valence-electron chi connectivity index (χ3n) is 5.38. The van der Waals surface area contributed by atoms with Gasteiger partial charge < -0.3 is 5.11 Å². The summed E-state index contributed by atoms with van der Waals surface area (Å²) in [6.07, 6.45) is 6.11. The van der Waals surface area contributed by atoms with E-state index in [0.717, 1.165) is 29.3 Å². The second-order valence-corrected chi connectivity index (χ2v) is 7.07. The van der Waals surface area contributed by atoms with Crippen LogP contribution in [0.3, 0.4) is 0 Å². The fraction of sp³-hybridized carbons (Fsp3) is 0.300. The number of imidazole rings is 1. The first-order valence-corrected chi connectivity index (χ1v) is 9.20. The molecule has 0 unspecified atom stereocenters. The number of H-pyrrole nitrogens is 1. The molecule has 1 fully saturated rings. The Morgan fingerprint density at radius 1 is 1.07 bits per heavy atom. The van der Waals surface area contributed by atoms with Crippen LogP contribution in [0.5, 0.6) is 0 Å². The predicted molar refractivity (Wildman–Crippen MR) is 102 cm³/mol. The number of fused-ring (bicyclic) bond motifs is 2. The van der Waals surface area contributed by atoms with Crippen molar-refractivity contribution in [2.24, 2.45) is 0 Å². The number of benzene rings is 1. The first kappa shape index (κ1) is 16.1. The molecule has 5 rings (SSSR count). The number of nitrogens with one attached hydrogen (secondary N) is 1. The van der Waals surface area contributed by atoms with Gasteiger partial charge in [0.2, 0.25) is 0 Å². The first-order valence-electron chi connectivity index (χ1n) is 9.20. The van der Waals surface area contributed by atoms with E-state index >= 15 is 0 Å². The summed E-state index contributed by atoms with van der Waals surface area (Å²) in [4.78, 5) is 29.0. The molecule has 1 saturated carbocycles. The second kappa shape index (κ2) is 6.28. The van der Waals surface area contributed by atoms with Crippen LogP contribution in [0.25, 0.3) is 33.5 Å². The molecular formula is C20H19N5O2. The summed E-state index contributed by atoms with van der Waals surface area (Å²) in [6.45, 7) is 0. The summed E-state index contributed by atoms with van der Waals surface area (Å²) in [7, 11) is 0. The molecule has 1 aliphatic rings. The Balaban J connectivity index is 1.67. The molecule has 0 amide bonds. The number of aliphatic hydroxyl groups is 1. The molecule has 1 aliphatic carbocycles. The molecule has 27 heavy (non-hydrogen) atoms. The molecule has 0 radical (unpaired) electrons. The Hall–Kier alpha value is -3.06. The molecule has 1 aromatic carbocycles. The number of hydrogen-bond donors (Lipinski definition) is 2. The fourth-order valence-electron chi connectivity index (χ4n) is 4.00. The summed E-state index contributed by atoms with van der Waals surface area (Å²) in [6, 6.07) is 9.85. The number of rotatable bonds is 2. The van der Waals surface area contributed by atoms with Crippen LogP contribution in [0.15, 0.2) is 47.5 Å². The van der Waals surface area contributed by atoms with E-state index < -0.39 is 0 Å². The molecule has 136 valence electrons. The molecular weight excluding hydrogens is 342 g/mol. The second-order valence-electron chi connectivity index (χ2n) is 7.07. The average Bonchev–Trinajstić information content (AvgIpc) is 3.03. The lowest BCUT2D eigenvalue weighted by Crippen LogP contribution is -2.27. The van der Waals surface area contributed by atoms with E-state index in [2.05, 4.69) is 15.0 Å². The van der Waals surface area contributed by atoms with Crippen molar-refractivity contribution in [3.8, 4) is 11.3 Å². The molecule has 3 heterocycles. The summed E-state index contributed by atoms with van der Waals surface area (Å²) in [5.74, 6) is 0. The Bertz CT molecular complexity index is 1180. The third-order valence-corrected chi connectivity index (χ3v) is 5.38. The molecule has 0 spiro atoms. The van der Waals surface area contributed by atoms with Gasteiger partial charge in [0.15, 0.2) is 11.3 Å². The molecule has 0 atom stereocenters. The molecule has 2 N–H and O–H groups in total. The highest BCUT2D eigenvalue weighted by molar-refractivity contribution is 5.93. The van der Waals surface area contributed by atoms with Crippen LogP contribution >= 0.6 is 0 Å². The van der Waals surface area contributed by atoms with E-state index in [-0.39, 0.29) is 17.8 Å². The van der Waals surface area contributed by atoms with Gasteiger partial charge in [-0.1, -0.05) is 18.2 Å². The number of hydrogen-bond acceptors (Lipinski definition) is 5. The number of aliphatic hydroxyl groups excluding tert-OH is 1. The molecule has 0 aliphatic heterocycles. The van der Waals surface area contributed by atoms with Crippen molar-refractivity contribution in [3.05, 3.63) is 53.2 Å². The van der Waals surface area contributed by atoms with Crippen molar-refractivity contribution >= 4 is 22.2 Å². The summed E-state index contributed by atoms with van der Waals surface area (Å²) in [5.41, 5.74) is 3.42. The van der Waals surface area contributed by atoms with Crippen molar-refractivity contribution in [2.45, 2.75) is 37.8 Å². The van der Waals surface area contributed by atoms with Crippen LogP contribution < -0.4 is 5.69 Å². The molecule has 0 saturated heterocycles. The minimum absolute atomic E-state index is 0.0355. The summed E-state index contributed by atoms with van der Waals surface area (Å²) >= 11 is 0. The highest BCUT2D eigenvalue weighted by Crippen LogP contribution is 2.30. The summed E-state index contributed by atoms with van der Waals surface area (Å²) in [5, 5.41) is 10.8. The average molecular weight is 361 g/mol. The zero-order valence-electron chi connectivity index (χ0n) is 14.7. The molecule has 4 aromatic rings. The maximum absolute atomic E-state index is 12.5. The van der Waals surface area contributed by atoms with Crippen LogP contribution in [0.4, 0.5) is 0 Å². The van der Waals surface area contributed by atoms with Gasteiger partial charge in [0.1, 0.15) is 0 Å². The van der Waals surface area contributed by atoms with Crippen molar-refractivity contribution < 1.29 is 5.11 Å². The maximum atomic E-state index is 12.5. The zero-order chi connectivity index (χ0) is 18.4. The lowest BCUT2D eigenvalue weighted by molar-refractivity contribution is 0.111.